The molecular weight excluding hydrogens is 340 g/mol. The van der Waals surface area contributed by atoms with Gasteiger partial charge in [0.1, 0.15) is 11.5 Å². The van der Waals surface area contributed by atoms with Gasteiger partial charge in [-0.2, -0.15) is 0 Å². The van der Waals surface area contributed by atoms with E-state index in [9.17, 15) is 9.59 Å². The fourth-order valence-corrected chi connectivity index (χ4v) is 1.89. The number of urea groups is 1. The summed E-state index contributed by atoms with van der Waals surface area (Å²) >= 11 is 3.30. The Balaban J connectivity index is 1.71. The Hall–Kier alpha value is -2.28. The summed E-state index contributed by atoms with van der Waals surface area (Å²) in [4.78, 5) is 23.0. The summed E-state index contributed by atoms with van der Waals surface area (Å²) in [5, 5.41) is 4.66. The minimum atomic E-state index is -0.605. The average molecular weight is 353 g/mol. The molecule has 1 aromatic heterocycles. The van der Waals surface area contributed by atoms with E-state index in [2.05, 4.69) is 26.6 Å². The van der Waals surface area contributed by atoms with Crippen LogP contribution in [0.2, 0.25) is 0 Å². The van der Waals surface area contributed by atoms with Gasteiger partial charge < -0.3 is 14.5 Å². The lowest BCUT2D eigenvalue weighted by atomic mass is 10.3. The summed E-state index contributed by atoms with van der Waals surface area (Å²) in [6, 6.07) is 9.96. The van der Waals surface area contributed by atoms with Crippen molar-refractivity contribution in [3.05, 3.63) is 52.9 Å². The van der Waals surface area contributed by atoms with Gasteiger partial charge in [-0.3, -0.25) is 10.1 Å². The number of benzene rings is 1. The second-order valence-corrected chi connectivity index (χ2v) is 4.88. The van der Waals surface area contributed by atoms with E-state index < -0.39 is 11.9 Å². The Kier molecular flexibility index (Phi) is 5.39. The molecule has 7 heteroatoms. The first-order valence-electron chi connectivity index (χ1n) is 6.12. The molecule has 3 amide bonds. The van der Waals surface area contributed by atoms with Crippen molar-refractivity contribution in [2.45, 2.75) is 6.54 Å². The molecule has 0 bridgehead atoms. The minimum absolute atomic E-state index is 0.206. The number of halogens is 1. The zero-order valence-electron chi connectivity index (χ0n) is 11.0. The summed E-state index contributed by atoms with van der Waals surface area (Å²) in [6.45, 7) is -0.0476. The number of hydrogen-bond donors (Lipinski definition) is 2. The van der Waals surface area contributed by atoms with Gasteiger partial charge in [0.2, 0.25) is 0 Å². The molecule has 1 aromatic carbocycles. The van der Waals surface area contributed by atoms with Crippen LogP contribution in [-0.4, -0.2) is 18.5 Å². The van der Waals surface area contributed by atoms with Crippen molar-refractivity contribution >= 4 is 27.9 Å². The number of para-hydroxylation sites is 1. The molecule has 2 rings (SSSR count). The van der Waals surface area contributed by atoms with E-state index in [0.29, 0.717) is 11.5 Å². The normalized spacial score (nSPS) is 9.95. The van der Waals surface area contributed by atoms with Crippen molar-refractivity contribution in [1.29, 1.82) is 0 Å². The lowest BCUT2D eigenvalue weighted by molar-refractivity contribution is -0.122. The van der Waals surface area contributed by atoms with E-state index in [0.717, 1.165) is 4.47 Å². The predicted molar refractivity (Wildman–Crippen MR) is 78.7 cm³/mol. The van der Waals surface area contributed by atoms with Gasteiger partial charge in [0.05, 0.1) is 17.3 Å². The van der Waals surface area contributed by atoms with Crippen molar-refractivity contribution in [3.8, 4) is 5.75 Å². The van der Waals surface area contributed by atoms with E-state index in [-0.39, 0.29) is 13.2 Å². The number of imide groups is 1. The Morgan fingerprint density at radius 1 is 1.19 bits per heavy atom. The molecule has 0 fully saturated rings. The summed E-state index contributed by atoms with van der Waals surface area (Å²) < 4.78 is 11.1. The Bertz CT molecular complexity index is 613. The van der Waals surface area contributed by atoms with Crippen molar-refractivity contribution < 1.29 is 18.7 Å². The zero-order valence-corrected chi connectivity index (χ0v) is 12.6. The van der Waals surface area contributed by atoms with Crippen LogP contribution in [0.5, 0.6) is 5.75 Å². The molecular formula is C14H13BrN2O4. The molecule has 2 N–H and O–H groups in total. The molecule has 0 radical (unpaired) electrons. The zero-order chi connectivity index (χ0) is 15.1. The largest absolute Gasteiger partial charge is 0.483 e. The Labute approximate surface area is 129 Å². The van der Waals surface area contributed by atoms with Gasteiger partial charge in [0, 0.05) is 0 Å². The second kappa shape index (κ2) is 7.49. The van der Waals surface area contributed by atoms with Crippen LogP contribution in [0.1, 0.15) is 5.76 Å². The summed E-state index contributed by atoms with van der Waals surface area (Å²) in [5.41, 5.74) is 0. The Morgan fingerprint density at radius 2 is 2.00 bits per heavy atom. The predicted octanol–water partition coefficient (Wildman–Crippen LogP) is 2.45. The number of amides is 3. The number of ether oxygens (including phenoxy) is 1. The third-order valence-electron chi connectivity index (χ3n) is 2.45. The van der Waals surface area contributed by atoms with Gasteiger partial charge in [-0.15, -0.1) is 0 Å². The maximum Gasteiger partial charge on any atom is 0.321 e. The lowest BCUT2D eigenvalue weighted by Crippen LogP contribution is -2.41. The van der Waals surface area contributed by atoms with Crippen LogP contribution in [0.15, 0.2) is 51.6 Å². The highest BCUT2D eigenvalue weighted by Crippen LogP contribution is 2.23. The van der Waals surface area contributed by atoms with Crippen LogP contribution in [0.25, 0.3) is 0 Å². The molecule has 0 aliphatic rings. The molecule has 0 atom stereocenters. The van der Waals surface area contributed by atoms with E-state index in [1.165, 1.54) is 6.26 Å². The maximum atomic E-state index is 11.6. The molecule has 1 heterocycles. The van der Waals surface area contributed by atoms with E-state index in [1.54, 1.807) is 30.3 Å². The van der Waals surface area contributed by atoms with E-state index in [1.807, 2.05) is 6.07 Å². The third kappa shape index (κ3) is 4.96. The number of nitrogens with one attached hydrogen (secondary N) is 2. The fraction of sp³-hybridized carbons (Fsp3) is 0.143. The van der Waals surface area contributed by atoms with Gasteiger partial charge in [0.25, 0.3) is 5.91 Å². The Morgan fingerprint density at radius 3 is 2.71 bits per heavy atom. The molecule has 0 saturated carbocycles. The van der Waals surface area contributed by atoms with E-state index in [4.69, 9.17) is 9.15 Å². The first-order chi connectivity index (χ1) is 10.1. The topological polar surface area (TPSA) is 80.6 Å². The number of rotatable bonds is 5. The van der Waals surface area contributed by atoms with Crippen LogP contribution in [0, 0.1) is 0 Å². The van der Waals surface area contributed by atoms with Gasteiger partial charge in [0.15, 0.2) is 6.61 Å². The van der Waals surface area contributed by atoms with Gasteiger partial charge in [-0.05, 0) is 40.2 Å². The summed E-state index contributed by atoms with van der Waals surface area (Å²) in [7, 11) is 0. The molecule has 0 unspecified atom stereocenters. The highest BCUT2D eigenvalue weighted by molar-refractivity contribution is 9.10. The van der Waals surface area contributed by atoms with E-state index >= 15 is 0 Å². The second-order valence-electron chi connectivity index (χ2n) is 4.03. The maximum absolute atomic E-state index is 11.6. The molecule has 21 heavy (non-hydrogen) atoms. The quantitative estimate of drug-likeness (QED) is 0.865. The van der Waals surface area contributed by atoms with Crippen LogP contribution >= 0.6 is 15.9 Å². The van der Waals surface area contributed by atoms with Gasteiger partial charge >= 0.3 is 6.03 Å². The monoisotopic (exact) mass is 352 g/mol. The van der Waals surface area contributed by atoms with Crippen molar-refractivity contribution in [2.75, 3.05) is 6.61 Å². The third-order valence-corrected chi connectivity index (χ3v) is 3.11. The molecule has 0 aliphatic carbocycles. The highest BCUT2D eigenvalue weighted by atomic mass is 79.9. The fourth-order valence-electron chi connectivity index (χ4n) is 1.49. The molecule has 6 nitrogen and oxygen atoms in total. The molecule has 0 saturated heterocycles. The molecule has 110 valence electrons. The standard InChI is InChI=1S/C14H13BrN2O4/c15-11-5-1-2-6-12(11)21-9-13(18)17-14(19)16-8-10-4-3-7-20-10/h1-7H,8-9H2,(H2,16,17,18,19). The first kappa shape index (κ1) is 15.1. The van der Waals surface area contributed by atoms with Gasteiger partial charge in [-0.1, -0.05) is 12.1 Å². The van der Waals surface area contributed by atoms with Gasteiger partial charge in [-0.25, -0.2) is 4.79 Å². The molecule has 0 spiro atoms. The van der Waals surface area contributed by atoms with Crippen molar-refractivity contribution in [3.63, 3.8) is 0 Å². The number of carbonyl (C=O) groups is 2. The SMILES string of the molecule is O=C(COc1ccccc1Br)NC(=O)NCc1ccco1. The van der Waals surface area contributed by atoms with Crippen molar-refractivity contribution in [1.82, 2.24) is 10.6 Å². The average Bonchev–Trinajstić information content (AvgIpc) is 2.97. The highest BCUT2D eigenvalue weighted by Gasteiger charge is 2.09. The number of furan rings is 1. The first-order valence-corrected chi connectivity index (χ1v) is 6.92. The molecule has 2 aromatic rings. The van der Waals surface area contributed by atoms with Crippen LogP contribution in [-0.2, 0) is 11.3 Å². The summed E-state index contributed by atoms with van der Waals surface area (Å²) in [6.07, 6.45) is 1.51. The lowest BCUT2D eigenvalue weighted by Gasteiger charge is -2.08. The van der Waals surface area contributed by atoms with Crippen LogP contribution < -0.4 is 15.4 Å². The van der Waals surface area contributed by atoms with Crippen molar-refractivity contribution in [2.24, 2.45) is 0 Å². The summed E-state index contributed by atoms with van der Waals surface area (Å²) in [5.74, 6) is 0.591. The minimum Gasteiger partial charge on any atom is -0.483 e. The van der Waals surface area contributed by atoms with Crippen LogP contribution in [0.4, 0.5) is 4.79 Å². The molecule has 0 aliphatic heterocycles. The number of hydrogen-bond acceptors (Lipinski definition) is 4. The van der Waals surface area contributed by atoms with Crippen LogP contribution in [0.3, 0.4) is 0 Å². The number of carbonyl (C=O) groups excluding carboxylic acids is 2. The smallest absolute Gasteiger partial charge is 0.321 e.